The van der Waals surface area contributed by atoms with Crippen LogP contribution in [0.2, 0.25) is 0 Å². The molecule has 2 rings (SSSR count). The van der Waals surface area contributed by atoms with Crippen LogP contribution in [0.4, 0.5) is 14.9 Å². The van der Waals surface area contributed by atoms with Crippen LogP contribution in [-0.4, -0.2) is 39.7 Å². The zero-order valence-electron chi connectivity index (χ0n) is 9.19. The van der Waals surface area contributed by atoms with Crippen LogP contribution in [0.1, 0.15) is 0 Å². The van der Waals surface area contributed by atoms with Gasteiger partial charge in [0.25, 0.3) is 0 Å². The van der Waals surface area contributed by atoms with Gasteiger partial charge in [-0.05, 0) is 18.2 Å². The van der Waals surface area contributed by atoms with Crippen molar-refractivity contribution in [2.45, 2.75) is 0 Å². The van der Waals surface area contributed by atoms with Gasteiger partial charge < -0.3 is 10.2 Å². The Hall–Kier alpha value is -1.43. The average Bonchev–Trinajstić information content (AvgIpc) is 2.29. The molecular formula is C11H13FN2O2S. The Labute approximate surface area is 101 Å². The van der Waals surface area contributed by atoms with Gasteiger partial charge in [0, 0.05) is 41.1 Å². The highest BCUT2D eigenvalue weighted by molar-refractivity contribution is 7.85. The Kier molecular flexibility index (Phi) is 3.73. The highest BCUT2D eigenvalue weighted by Crippen LogP contribution is 2.11. The minimum Gasteiger partial charge on any atom is -0.323 e. The lowest BCUT2D eigenvalue weighted by atomic mass is 10.3. The Morgan fingerprint density at radius 1 is 1.35 bits per heavy atom. The van der Waals surface area contributed by atoms with Crippen molar-refractivity contribution < 1.29 is 13.4 Å². The molecule has 0 spiro atoms. The number of amides is 2. The second-order valence-electron chi connectivity index (χ2n) is 3.78. The largest absolute Gasteiger partial charge is 0.323 e. The van der Waals surface area contributed by atoms with Crippen LogP contribution in [0.15, 0.2) is 24.3 Å². The van der Waals surface area contributed by atoms with Crippen molar-refractivity contribution in [3.8, 4) is 0 Å². The number of rotatable bonds is 1. The summed E-state index contributed by atoms with van der Waals surface area (Å²) in [5.74, 6) is 0.634. The predicted molar refractivity (Wildman–Crippen MR) is 64.9 cm³/mol. The molecule has 0 aromatic heterocycles. The molecule has 1 aromatic rings. The summed E-state index contributed by atoms with van der Waals surface area (Å²) in [5, 5.41) is 2.62. The molecule has 1 aromatic carbocycles. The van der Waals surface area contributed by atoms with Gasteiger partial charge in [0.1, 0.15) is 5.82 Å². The maximum Gasteiger partial charge on any atom is 0.321 e. The van der Waals surface area contributed by atoms with Crippen molar-refractivity contribution in [2.24, 2.45) is 0 Å². The van der Waals surface area contributed by atoms with Crippen LogP contribution in [0.25, 0.3) is 0 Å². The van der Waals surface area contributed by atoms with E-state index in [-0.39, 0.29) is 11.8 Å². The highest BCUT2D eigenvalue weighted by atomic mass is 32.2. The zero-order chi connectivity index (χ0) is 12.3. The first kappa shape index (κ1) is 12.0. The van der Waals surface area contributed by atoms with Gasteiger partial charge in [-0.1, -0.05) is 6.07 Å². The van der Waals surface area contributed by atoms with Crippen LogP contribution >= 0.6 is 0 Å². The molecule has 1 heterocycles. The van der Waals surface area contributed by atoms with E-state index < -0.39 is 10.8 Å². The first-order valence-electron chi connectivity index (χ1n) is 5.31. The van der Waals surface area contributed by atoms with Gasteiger partial charge >= 0.3 is 6.03 Å². The number of anilines is 1. The van der Waals surface area contributed by atoms with Crippen molar-refractivity contribution >= 4 is 22.5 Å². The third kappa shape index (κ3) is 3.26. The standard InChI is InChI=1S/C11H13FN2O2S/c12-9-2-1-3-10(8-9)13-11(15)14-4-6-17(16)7-5-14/h1-3,8H,4-7H2,(H,13,15). The molecule has 1 fully saturated rings. The lowest BCUT2D eigenvalue weighted by molar-refractivity contribution is 0.216. The minimum atomic E-state index is -0.809. The SMILES string of the molecule is O=C(Nc1cccc(F)c1)N1CCS(=O)CC1. The monoisotopic (exact) mass is 256 g/mol. The van der Waals surface area contributed by atoms with Crippen molar-refractivity contribution in [3.63, 3.8) is 0 Å². The molecule has 1 aliphatic rings. The van der Waals surface area contributed by atoms with Crippen molar-refractivity contribution in [3.05, 3.63) is 30.1 Å². The fourth-order valence-electron chi connectivity index (χ4n) is 1.61. The van der Waals surface area contributed by atoms with Gasteiger partial charge in [0.05, 0.1) is 0 Å². The number of carbonyl (C=O) groups excluding carboxylic acids is 1. The molecule has 92 valence electrons. The van der Waals surface area contributed by atoms with Crippen LogP contribution in [0.3, 0.4) is 0 Å². The summed E-state index contributed by atoms with van der Waals surface area (Å²) in [6.45, 7) is 0.960. The van der Waals surface area contributed by atoms with Crippen molar-refractivity contribution in [1.29, 1.82) is 0 Å². The molecule has 0 unspecified atom stereocenters. The predicted octanol–water partition coefficient (Wildman–Crippen LogP) is 1.42. The second kappa shape index (κ2) is 5.27. The van der Waals surface area contributed by atoms with E-state index in [0.717, 1.165) is 0 Å². The van der Waals surface area contributed by atoms with E-state index in [1.165, 1.54) is 18.2 Å². The molecule has 0 aliphatic carbocycles. The molecule has 0 atom stereocenters. The molecule has 0 bridgehead atoms. The van der Waals surface area contributed by atoms with Crippen molar-refractivity contribution in [2.75, 3.05) is 29.9 Å². The third-order valence-electron chi connectivity index (χ3n) is 2.54. The van der Waals surface area contributed by atoms with E-state index in [1.54, 1.807) is 11.0 Å². The first-order chi connectivity index (χ1) is 8.15. The quantitative estimate of drug-likeness (QED) is 0.826. The van der Waals surface area contributed by atoms with Crippen LogP contribution in [0.5, 0.6) is 0 Å². The van der Waals surface area contributed by atoms with Crippen molar-refractivity contribution in [1.82, 2.24) is 4.90 Å². The number of hydrogen-bond donors (Lipinski definition) is 1. The minimum absolute atomic E-state index is 0.271. The summed E-state index contributed by atoms with van der Waals surface area (Å²) in [5.41, 5.74) is 0.432. The van der Waals surface area contributed by atoms with Crippen LogP contribution in [0, 0.1) is 5.82 Å². The summed E-state index contributed by atoms with van der Waals surface area (Å²) >= 11 is 0. The fraction of sp³-hybridized carbons (Fsp3) is 0.364. The molecule has 1 aliphatic heterocycles. The molecule has 6 heteroatoms. The molecule has 0 saturated carbocycles. The molecule has 1 saturated heterocycles. The number of carbonyl (C=O) groups is 1. The molecular weight excluding hydrogens is 243 g/mol. The molecule has 2 amide bonds. The fourth-order valence-corrected chi connectivity index (χ4v) is 2.66. The van der Waals surface area contributed by atoms with E-state index in [0.29, 0.717) is 30.3 Å². The maximum atomic E-state index is 12.9. The third-order valence-corrected chi connectivity index (χ3v) is 3.82. The van der Waals surface area contributed by atoms with Gasteiger partial charge in [-0.2, -0.15) is 0 Å². The van der Waals surface area contributed by atoms with Crippen LogP contribution in [-0.2, 0) is 10.8 Å². The summed E-state index contributed by atoms with van der Waals surface area (Å²) in [4.78, 5) is 13.4. The van der Waals surface area contributed by atoms with Gasteiger partial charge in [-0.15, -0.1) is 0 Å². The Morgan fingerprint density at radius 3 is 2.71 bits per heavy atom. The molecule has 1 N–H and O–H groups in total. The van der Waals surface area contributed by atoms with E-state index in [2.05, 4.69) is 5.32 Å². The average molecular weight is 256 g/mol. The summed E-state index contributed by atoms with van der Waals surface area (Å²) in [6.07, 6.45) is 0. The Bertz CT molecular complexity index is 443. The second-order valence-corrected chi connectivity index (χ2v) is 5.47. The smallest absolute Gasteiger partial charge is 0.321 e. The summed E-state index contributed by atoms with van der Waals surface area (Å²) in [7, 11) is -0.809. The van der Waals surface area contributed by atoms with Gasteiger partial charge in [0.15, 0.2) is 0 Å². The Balaban J connectivity index is 1.95. The summed E-state index contributed by atoms with van der Waals surface area (Å²) in [6, 6.07) is 5.48. The zero-order valence-corrected chi connectivity index (χ0v) is 10.0. The normalized spacial score (nSPS) is 16.9. The van der Waals surface area contributed by atoms with E-state index in [4.69, 9.17) is 0 Å². The number of urea groups is 1. The lowest BCUT2D eigenvalue weighted by Gasteiger charge is -2.26. The van der Waals surface area contributed by atoms with E-state index in [1.807, 2.05) is 0 Å². The first-order valence-corrected chi connectivity index (χ1v) is 6.80. The van der Waals surface area contributed by atoms with Gasteiger partial charge in [0.2, 0.25) is 0 Å². The number of nitrogens with one attached hydrogen (secondary N) is 1. The lowest BCUT2D eigenvalue weighted by Crippen LogP contribution is -2.43. The molecule has 17 heavy (non-hydrogen) atoms. The van der Waals surface area contributed by atoms with Gasteiger partial charge in [-0.3, -0.25) is 4.21 Å². The maximum absolute atomic E-state index is 12.9. The summed E-state index contributed by atoms with van der Waals surface area (Å²) < 4.78 is 24.0. The van der Waals surface area contributed by atoms with Gasteiger partial charge in [-0.25, -0.2) is 9.18 Å². The number of benzene rings is 1. The Morgan fingerprint density at radius 2 is 2.06 bits per heavy atom. The number of halogens is 1. The highest BCUT2D eigenvalue weighted by Gasteiger charge is 2.19. The van der Waals surface area contributed by atoms with E-state index in [9.17, 15) is 13.4 Å². The van der Waals surface area contributed by atoms with E-state index >= 15 is 0 Å². The molecule has 4 nitrogen and oxygen atoms in total. The topological polar surface area (TPSA) is 49.4 Å². The number of hydrogen-bond acceptors (Lipinski definition) is 2. The molecule has 0 radical (unpaired) electrons. The van der Waals surface area contributed by atoms with Crippen LogP contribution < -0.4 is 5.32 Å². The number of nitrogens with zero attached hydrogens (tertiary/aromatic N) is 1.